The Morgan fingerprint density at radius 1 is 0.400 bits per heavy atom. The lowest BCUT2D eigenvalue weighted by atomic mass is 9.94. The molecule has 1 heterocycles. The number of nitrogens with zero attached hydrogens (tertiary/aromatic N) is 2. The molecule has 2 heteroatoms. The third-order valence-electron chi connectivity index (χ3n) is 11.1. The molecule has 0 fully saturated rings. The van der Waals surface area contributed by atoms with E-state index in [4.69, 9.17) is 0 Å². The minimum absolute atomic E-state index is 0.916. The van der Waals surface area contributed by atoms with Gasteiger partial charge in [-0.25, -0.2) is 0 Å². The van der Waals surface area contributed by atoms with Crippen molar-refractivity contribution in [3.8, 4) is 22.3 Å². The van der Waals surface area contributed by atoms with Crippen LogP contribution in [0.15, 0.2) is 206 Å². The third kappa shape index (κ3) is 6.02. The number of anilines is 3. The Hall–Kier alpha value is -6.90. The zero-order chi connectivity index (χ0) is 36.6. The summed E-state index contributed by atoms with van der Waals surface area (Å²) in [4.78, 5) is 2.44. The van der Waals surface area contributed by atoms with E-state index in [0.29, 0.717) is 0 Å². The second-order valence-corrected chi connectivity index (χ2v) is 14.4. The second kappa shape index (κ2) is 14.2. The molecule has 9 aromatic carbocycles. The summed E-state index contributed by atoms with van der Waals surface area (Å²) in [5, 5.41) is 7.74. The highest BCUT2D eigenvalue weighted by atomic mass is 15.1. The van der Waals surface area contributed by atoms with Crippen LogP contribution >= 0.6 is 0 Å². The van der Waals surface area contributed by atoms with Gasteiger partial charge in [0.05, 0.1) is 0 Å². The normalized spacial score (nSPS) is 11.5. The molecule has 10 aromatic rings. The second-order valence-electron chi connectivity index (χ2n) is 14.4. The Balaban J connectivity index is 1.03. The van der Waals surface area contributed by atoms with Crippen LogP contribution in [0.4, 0.5) is 17.1 Å². The monoisotopic (exact) mass is 704 g/mol. The summed E-state index contributed by atoms with van der Waals surface area (Å²) in [6.45, 7) is 0.916. The van der Waals surface area contributed by atoms with Gasteiger partial charge < -0.3 is 9.47 Å². The van der Waals surface area contributed by atoms with E-state index in [9.17, 15) is 0 Å². The van der Waals surface area contributed by atoms with Crippen LogP contribution in [0, 0.1) is 0 Å². The number of hydrogen-bond acceptors (Lipinski definition) is 1. The number of rotatable bonds is 9. The Bertz CT molecular complexity index is 2940. The molecule has 55 heavy (non-hydrogen) atoms. The first kappa shape index (κ1) is 32.7. The zero-order valence-electron chi connectivity index (χ0n) is 30.6. The maximum atomic E-state index is 2.55. The summed E-state index contributed by atoms with van der Waals surface area (Å²) in [6, 6.07) is 75.2. The molecule has 0 aliphatic heterocycles. The molecule has 262 valence electrons. The highest BCUT2D eigenvalue weighted by molar-refractivity contribution is 6.24. The Morgan fingerprint density at radius 2 is 1.04 bits per heavy atom. The predicted molar refractivity (Wildman–Crippen MR) is 235 cm³/mol. The molecule has 0 unspecified atom stereocenters. The Morgan fingerprint density at radius 3 is 1.87 bits per heavy atom. The van der Waals surface area contributed by atoms with Crippen molar-refractivity contribution in [2.45, 2.75) is 19.4 Å². The molecular formula is C53H40N2. The van der Waals surface area contributed by atoms with Gasteiger partial charge in [-0.2, -0.15) is 0 Å². The van der Waals surface area contributed by atoms with Crippen molar-refractivity contribution < 1.29 is 0 Å². The van der Waals surface area contributed by atoms with E-state index >= 15 is 0 Å². The Labute approximate surface area is 322 Å². The van der Waals surface area contributed by atoms with Crippen molar-refractivity contribution in [3.05, 3.63) is 212 Å². The van der Waals surface area contributed by atoms with Crippen molar-refractivity contribution in [1.29, 1.82) is 0 Å². The summed E-state index contributed by atoms with van der Waals surface area (Å²) in [6.07, 6.45) is 1.95. The van der Waals surface area contributed by atoms with Gasteiger partial charge in [0.1, 0.15) is 0 Å². The average molecular weight is 705 g/mol. The molecule has 1 aromatic heterocycles. The van der Waals surface area contributed by atoms with Gasteiger partial charge in [0.25, 0.3) is 0 Å². The van der Waals surface area contributed by atoms with E-state index in [-0.39, 0.29) is 0 Å². The van der Waals surface area contributed by atoms with Crippen molar-refractivity contribution in [3.63, 3.8) is 0 Å². The SMILES string of the molecule is c1ccc(-c2ccc(N(c3ccc4ccccc4c3)c3ccccc3CCCn3c4ccccc4c4c5c(-c6ccccc6)cccc5ccc43)cc2)cc1. The standard InChI is InChI=1S/C53H40N2/c1-3-15-38(16-4-1)40-28-32-45(33-29-40)55(46-34-30-39-17-7-8-21-44(39)37-46)49-26-11-9-20-42(49)23-14-36-54-50-27-12-10-24-48(50)53-51(54)35-31-43-22-13-25-47(52(43)53)41-18-5-2-6-19-41/h1-13,15-22,24-35,37H,14,23,36H2. The molecule has 0 saturated carbocycles. The van der Waals surface area contributed by atoms with Gasteiger partial charge in [0.15, 0.2) is 0 Å². The molecule has 0 N–H and O–H groups in total. The molecule has 0 aliphatic rings. The van der Waals surface area contributed by atoms with Gasteiger partial charge in [-0.3, -0.25) is 0 Å². The molecule has 0 aliphatic carbocycles. The average Bonchev–Trinajstić information content (AvgIpc) is 3.58. The lowest BCUT2D eigenvalue weighted by Crippen LogP contribution is -2.12. The van der Waals surface area contributed by atoms with Crippen molar-refractivity contribution in [2.24, 2.45) is 0 Å². The summed E-state index contributed by atoms with van der Waals surface area (Å²) < 4.78 is 2.55. The van der Waals surface area contributed by atoms with Gasteiger partial charge >= 0.3 is 0 Å². The lowest BCUT2D eigenvalue weighted by Gasteiger charge is -2.28. The van der Waals surface area contributed by atoms with E-state index < -0.39 is 0 Å². The number of fused-ring (bicyclic) bond motifs is 6. The molecule has 0 spiro atoms. The zero-order valence-corrected chi connectivity index (χ0v) is 30.6. The molecule has 0 saturated heterocycles. The van der Waals surface area contributed by atoms with Crippen molar-refractivity contribution >= 4 is 60.4 Å². The van der Waals surface area contributed by atoms with Crippen LogP contribution in [0.25, 0.3) is 65.6 Å². The highest BCUT2D eigenvalue weighted by Crippen LogP contribution is 2.41. The van der Waals surface area contributed by atoms with E-state index in [1.165, 1.54) is 76.9 Å². The quantitative estimate of drug-likeness (QED) is 0.145. The van der Waals surface area contributed by atoms with Crippen LogP contribution in [0.1, 0.15) is 12.0 Å². The van der Waals surface area contributed by atoms with Gasteiger partial charge in [0.2, 0.25) is 0 Å². The predicted octanol–water partition coefficient (Wildman–Crippen LogP) is 14.5. The van der Waals surface area contributed by atoms with Crippen LogP contribution in [0.5, 0.6) is 0 Å². The fourth-order valence-corrected chi connectivity index (χ4v) is 8.56. The van der Waals surface area contributed by atoms with Crippen molar-refractivity contribution in [2.75, 3.05) is 4.90 Å². The number of aryl methyl sites for hydroxylation is 2. The summed E-state index contributed by atoms with van der Waals surface area (Å²) in [7, 11) is 0. The first-order valence-corrected chi connectivity index (χ1v) is 19.3. The van der Waals surface area contributed by atoms with Gasteiger partial charge in [-0.15, -0.1) is 0 Å². The van der Waals surface area contributed by atoms with E-state index in [2.05, 4.69) is 216 Å². The van der Waals surface area contributed by atoms with Crippen molar-refractivity contribution in [1.82, 2.24) is 4.57 Å². The van der Waals surface area contributed by atoms with Crippen LogP contribution in [-0.2, 0) is 13.0 Å². The number of para-hydroxylation sites is 2. The number of benzene rings is 9. The number of hydrogen-bond donors (Lipinski definition) is 0. The first-order chi connectivity index (χ1) is 27.3. The Kier molecular flexibility index (Phi) is 8.42. The van der Waals surface area contributed by atoms with Crippen LogP contribution in [-0.4, -0.2) is 4.57 Å². The summed E-state index contributed by atoms with van der Waals surface area (Å²) in [5.74, 6) is 0. The van der Waals surface area contributed by atoms with Gasteiger partial charge in [0, 0.05) is 45.4 Å². The van der Waals surface area contributed by atoms with Crippen LogP contribution < -0.4 is 4.90 Å². The van der Waals surface area contributed by atoms with E-state index in [1.807, 2.05) is 0 Å². The van der Waals surface area contributed by atoms with Gasteiger partial charge in [-0.05, 0) is 105 Å². The summed E-state index contributed by atoms with van der Waals surface area (Å²) >= 11 is 0. The molecule has 2 nitrogen and oxygen atoms in total. The fourth-order valence-electron chi connectivity index (χ4n) is 8.56. The maximum absolute atomic E-state index is 2.55. The molecule has 0 radical (unpaired) electrons. The number of aromatic nitrogens is 1. The third-order valence-corrected chi connectivity index (χ3v) is 11.1. The highest BCUT2D eigenvalue weighted by Gasteiger charge is 2.19. The van der Waals surface area contributed by atoms with Gasteiger partial charge in [-0.1, -0.05) is 164 Å². The van der Waals surface area contributed by atoms with E-state index in [0.717, 1.165) is 30.8 Å². The minimum atomic E-state index is 0.916. The van der Waals surface area contributed by atoms with E-state index in [1.54, 1.807) is 0 Å². The largest absolute Gasteiger partial charge is 0.340 e. The topological polar surface area (TPSA) is 8.17 Å². The molecule has 0 amide bonds. The minimum Gasteiger partial charge on any atom is -0.340 e. The molecule has 0 bridgehead atoms. The first-order valence-electron chi connectivity index (χ1n) is 19.3. The fraction of sp³-hybridized carbons (Fsp3) is 0.0566. The lowest BCUT2D eigenvalue weighted by molar-refractivity contribution is 0.678. The summed E-state index contributed by atoms with van der Waals surface area (Å²) in [5.41, 5.74) is 12.4. The molecule has 10 rings (SSSR count). The molecule has 0 atom stereocenters. The molecular weight excluding hydrogens is 665 g/mol. The smallest absolute Gasteiger partial charge is 0.0498 e. The van der Waals surface area contributed by atoms with Crippen LogP contribution in [0.3, 0.4) is 0 Å². The maximum Gasteiger partial charge on any atom is 0.0498 e. The van der Waals surface area contributed by atoms with Crippen LogP contribution in [0.2, 0.25) is 0 Å².